The van der Waals surface area contributed by atoms with E-state index >= 15 is 0 Å². The first-order valence-electron chi connectivity index (χ1n) is 12.3. The molecule has 5 heteroatoms. The molecule has 0 fully saturated rings. The minimum absolute atomic E-state index is 0.146. The number of hydrogen-bond acceptors (Lipinski definition) is 4. The van der Waals surface area contributed by atoms with Crippen molar-refractivity contribution in [2.45, 2.75) is 0 Å². The molecular formula is C33H20ClN3O. The third-order valence-electron chi connectivity index (χ3n) is 6.70. The van der Waals surface area contributed by atoms with Crippen molar-refractivity contribution in [3.05, 3.63) is 127 Å². The van der Waals surface area contributed by atoms with Crippen LogP contribution in [-0.2, 0) is 0 Å². The zero-order chi connectivity index (χ0) is 25.5. The molecule has 2 aromatic heterocycles. The molecule has 38 heavy (non-hydrogen) atoms. The van der Waals surface area contributed by atoms with E-state index in [1.165, 1.54) is 0 Å². The molecule has 4 nitrogen and oxygen atoms in total. The molecule has 0 amide bonds. The van der Waals surface area contributed by atoms with Gasteiger partial charge in [0.15, 0.2) is 11.6 Å². The third kappa shape index (κ3) is 4.01. The molecule has 0 aliphatic rings. The summed E-state index contributed by atoms with van der Waals surface area (Å²) in [6, 6.07) is 40.9. The highest BCUT2D eigenvalue weighted by Crippen LogP contribution is 2.38. The first-order chi connectivity index (χ1) is 18.7. The average molecular weight is 510 g/mol. The fraction of sp³-hybridized carbons (Fsp3) is 0. The molecule has 180 valence electrons. The highest BCUT2D eigenvalue weighted by atomic mass is 35.5. The van der Waals surface area contributed by atoms with Crippen molar-refractivity contribution < 1.29 is 4.42 Å². The normalized spacial score (nSPS) is 11.3. The van der Waals surface area contributed by atoms with Crippen molar-refractivity contribution >= 4 is 33.5 Å². The standard InChI is InChI=1S/C33H20ClN3O/c34-33-36-31(24-16-14-22(15-17-24)21-8-3-1-4-9-21)35-32(37-33)25-18-19-27-29(20-25)38-28-13-7-12-26(30(27)28)23-10-5-2-6-11-23/h1-20H. The molecular weight excluding hydrogens is 490 g/mol. The second kappa shape index (κ2) is 9.25. The number of benzene rings is 5. The van der Waals surface area contributed by atoms with Crippen LogP contribution in [0.25, 0.3) is 67.0 Å². The van der Waals surface area contributed by atoms with Crippen molar-refractivity contribution in [2.24, 2.45) is 0 Å². The number of aromatic nitrogens is 3. The van der Waals surface area contributed by atoms with Gasteiger partial charge in [0, 0.05) is 21.9 Å². The van der Waals surface area contributed by atoms with Crippen LogP contribution in [0.15, 0.2) is 126 Å². The Morgan fingerprint density at radius 1 is 0.474 bits per heavy atom. The van der Waals surface area contributed by atoms with Gasteiger partial charge in [-0.05, 0) is 52.1 Å². The predicted octanol–water partition coefficient (Wildman–Crippen LogP) is 9.09. The van der Waals surface area contributed by atoms with Gasteiger partial charge in [0.25, 0.3) is 0 Å². The molecule has 0 radical (unpaired) electrons. The molecule has 0 aliphatic heterocycles. The van der Waals surface area contributed by atoms with Crippen LogP contribution in [0, 0.1) is 0 Å². The minimum atomic E-state index is 0.146. The molecule has 0 bridgehead atoms. The second-order valence-electron chi connectivity index (χ2n) is 9.05. The van der Waals surface area contributed by atoms with E-state index < -0.39 is 0 Å². The van der Waals surface area contributed by atoms with E-state index in [0.717, 1.165) is 55.3 Å². The van der Waals surface area contributed by atoms with Crippen LogP contribution in [0.2, 0.25) is 5.28 Å². The number of furan rings is 1. The van der Waals surface area contributed by atoms with Gasteiger partial charge < -0.3 is 4.42 Å². The van der Waals surface area contributed by atoms with E-state index in [2.05, 4.69) is 58.5 Å². The molecule has 0 aliphatic carbocycles. The Hall–Kier alpha value is -4.80. The van der Waals surface area contributed by atoms with Gasteiger partial charge in [-0.25, -0.2) is 4.98 Å². The number of nitrogens with zero attached hydrogens (tertiary/aromatic N) is 3. The SMILES string of the molecule is Clc1nc(-c2ccc(-c3ccccc3)cc2)nc(-c2ccc3c(c2)oc2cccc(-c4ccccc4)c23)n1. The maximum absolute atomic E-state index is 6.36. The molecule has 0 saturated heterocycles. The van der Waals surface area contributed by atoms with Crippen LogP contribution in [0.1, 0.15) is 0 Å². The third-order valence-corrected chi connectivity index (χ3v) is 6.87. The lowest BCUT2D eigenvalue weighted by molar-refractivity contribution is 0.669. The molecule has 5 aromatic carbocycles. The number of rotatable bonds is 4. The summed E-state index contributed by atoms with van der Waals surface area (Å²) in [5.41, 5.74) is 7.85. The van der Waals surface area contributed by atoms with E-state index in [1.807, 2.05) is 72.8 Å². The maximum atomic E-state index is 6.36. The van der Waals surface area contributed by atoms with Gasteiger partial charge in [-0.3, -0.25) is 0 Å². The molecule has 0 atom stereocenters. The summed E-state index contributed by atoms with van der Waals surface area (Å²) in [4.78, 5) is 13.6. The summed E-state index contributed by atoms with van der Waals surface area (Å²) in [7, 11) is 0. The number of hydrogen-bond donors (Lipinski definition) is 0. The molecule has 0 N–H and O–H groups in total. The van der Waals surface area contributed by atoms with Gasteiger partial charge in [0.05, 0.1) is 0 Å². The topological polar surface area (TPSA) is 51.8 Å². The quantitative estimate of drug-likeness (QED) is 0.237. The van der Waals surface area contributed by atoms with E-state index in [0.29, 0.717) is 11.6 Å². The van der Waals surface area contributed by atoms with Crippen molar-refractivity contribution in [3.8, 4) is 45.0 Å². The lowest BCUT2D eigenvalue weighted by atomic mass is 9.99. The zero-order valence-electron chi connectivity index (χ0n) is 20.2. The Morgan fingerprint density at radius 2 is 1.08 bits per heavy atom. The summed E-state index contributed by atoms with van der Waals surface area (Å²) in [6.07, 6.45) is 0. The Bertz CT molecular complexity index is 1910. The van der Waals surface area contributed by atoms with Crippen molar-refractivity contribution in [1.29, 1.82) is 0 Å². The molecule has 7 rings (SSSR count). The van der Waals surface area contributed by atoms with Crippen LogP contribution in [0.3, 0.4) is 0 Å². The fourth-order valence-electron chi connectivity index (χ4n) is 4.87. The lowest BCUT2D eigenvalue weighted by Gasteiger charge is -2.07. The minimum Gasteiger partial charge on any atom is -0.456 e. The molecule has 2 heterocycles. The summed E-state index contributed by atoms with van der Waals surface area (Å²) < 4.78 is 6.27. The van der Waals surface area contributed by atoms with Gasteiger partial charge >= 0.3 is 0 Å². The lowest BCUT2D eigenvalue weighted by Crippen LogP contribution is -1.97. The summed E-state index contributed by atoms with van der Waals surface area (Å²) in [5, 5.41) is 2.28. The summed E-state index contributed by atoms with van der Waals surface area (Å²) >= 11 is 6.36. The maximum Gasteiger partial charge on any atom is 0.226 e. The number of halogens is 1. The van der Waals surface area contributed by atoms with E-state index in [1.54, 1.807) is 0 Å². The molecule has 0 saturated carbocycles. The average Bonchev–Trinajstić information content (AvgIpc) is 3.36. The monoisotopic (exact) mass is 509 g/mol. The summed E-state index contributed by atoms with van der Waals surface area (Å²) in [6.45, 7) is 0. The summed E-state index contributed by atoms with van der Waals surface area (Å²) in [5.74, 6) is 1.02. The Kier molecular flexibility index (Phi) is 5.46. The number of fused-ring (bicyclic) bond motifs is 3. The van der Waals surface area contributed by atoms with Crippen molar-refractivity contribution in [2.75, 3.05) is 0 Å². The molecule has 0 spiro atoms. The largest absolute Gasteiger partial charge is 0.456 e. The van der Waals surface area contributed by atoms with Gasteiger partial charge in [-0.2, -0.15) is 9.97 Å². The Labute approximate surface area is 224 Å². The van der Waals surface area contributed by atoms with Gasteiger partial charge in [-0.15, -0.1) is 0 Å². The zero-order valence-corrected chi connectivity index (χ0v) is 20.9. The second-order valence-corrected chi connectivity index (χ2v) is 9.39. The molecule has 7 aromatic rings. The van der Waals surface area contributed by atoms with E-state index in [4.69, 9.17) is 21.0 Å². The highest BCUT2D eigenvalue weighted by molar-refractivity contribution is 6.28. The Morgan fingerprint density at radius 3 is 1.82 bits per heavy atom. The van der Waals surface area contributed by atoms with Gasteiger partial charge in [0.1, 0.15) is 11.2 Å². The van der Waals surface area contributed by atoms with Gasteiger partial charge in [0.2, 0.25) is 5.28 Å². The van der Waals surface area contributed by atoms with Crippen LogP contribution >= 0.6 is 11.6 Å². The first-order valence-corrected chi connectivity index (χ1v) is 12.7. The predicted molar refractivity (Wildman–Crippen MR) is 154 cm³/mol. The van der Waals surface area contributed by atoms with Crippen LogP contribution in [0.4, 0.5) is 0 Å². The molecule has 0 unspecified atom stereocenters. The Balaban J connectivity index is 1.29. The van der Waals surface area contributed by atoms with E-state index in [9.17, 15) is 0 Å². The van der Waals surface area contributed by atoms with Crippen molar-refractivity contribution in [3.63, 3.8) is 0 Å². The van der Waals surface area contributed by atoms with E-state index in [-0.39, 0.29) is 5.28 Å². The van der Waals surface area contributed by atoms with Gasteiger partial charge in [-0.1, -0.05) is 103 Å². The fourth-order valence-corrected chi connectivity index (χ4v) is 5.03. The van der Waals surface area contributed by atoms with Crippen molar-refractivity contribution in [1.82, 2.24) is 15.0 Å². The van der Waals surface area contributed by atoms with Crippen LogP contribution in [-0.4, -0.2) is 15.0 Å². The first kappa shape index (κ1) is 22.4. The highest BCUT2D eigenvalue weighted by Gasteiger charge is 2.15. The smallest absolute Gasteiger partial charge is 0.226 e. The van der Waals surface area contributed by atoms with Crippen LogP contribution < -0.4 is 0 Å². The van der Waals surface area contributed by atoms with Crippen LogP contribution in [0.5, 0.6) is 0 Å².